The van der Waals surface area contributed by atoms with Crippen LogP contribution in [0.4, 0.5) is 0 Å². The van der Waals surface area contributed by atoms with E-state index < -0.39 is 0 Å². The zero-order valence-corrected chi connectivity index (χ0v) is 14.0. The van der Waals surface area contributed by atoms with Gasteiger partial charge in [-0.25, -0.2) is 0 Å². The molecule has 4 nitrogen and oxygen atoms in total. The first-order valence-corrected chi connectivity index (χ1v) is 8.06. The molecule has 1 saturated carbocycles. The van der Waals surface area contributed by atoms with E-state index >= 15 is 0 Å². The lowest BCUT2D eigenvalue weighted by atomic mass is 9.95. The molecule has 1 N–H and O–H groups in total. The molecule has 6 heteroatoms. The van der Waals surface area contributed by atoms with Crippen molar-refractivity contribution in [3.63, 3.8) is 0 Å². The standard InChI is InChI=1S/C14H14Br2N2O2/c15-12-7-11(20-13(12)16)6-9(8-17)14(19)18-10-4-2-1-3-5-10/h6-7,10H,1-5H2,(H,18,19)/b9-6-. The predicted octanol–water partition coefficient (Wildman–Crippen LogP) is 4.16. The molecule has 0 unspecified atom stereocenters. The van der Waals surface area contributed by atoms with Crippen molar-refractivity contribution < 1.29 is 9.21 Å². The summed E-state index contributed by atoms with van der Waals surface area (Å²) in [4.78, 5) is 12.1. The van der Waals surface area contributed by atoms with Gasteiger partial charge in [-0.3, -0.25) is 4.79 Å². The summed E-state index contributed by atoms with van der Waals surface area (Å²) in [5.74, 6) is 0.127. The summed E-state index contributed by atoms with van der Waals surface area (Å²) in [6.45, 7) is 0. The van der Waals surface area contributed by atoms with E-state index in [-0.39, 0.29) is 17.5 Å². The topological polar surface area (TPSA) is 66.0 Å². The Kier molecular flexibility index (Phi) is 5.44. The molecular formula is C14H14Br2N2O2. The van der Waals surface area contributed by atoms with E-state index in [1.54, 1.807) is 6.07 Å². The van der Waals surface area contributed by atoms with Crippen LogP contribution in [0.3, 0.4) is 0 Å². The quantitative estimate of drug-likeness (QED) is 0.610. The highest BCUT2D eigenvalue weighted by atomic mass is 79.9. The molecule has 20 heavy (non-hydrogen) atoms. The van der Waals surface area contributed by atoms with Crippen LogP contribution in [0.15, 0.2) is 25.2 Å². The van der Waals surface area contributed by atoms with Gasteiger partial charge in [-0.2, -0.15) is 5.26 Å². The molecule has 0 bridgehead atoms. The molecule has 0 saturated heterocycles. The minimum Gasteiger partial charge on any atom is -0.449 e. The monoisotopic (exact) mass is 400 g/mol. The van der Waals surface area contributed by atoms with Gasteiger partial charge in [-0.1, -0.05) is 19.3 Å². The van der Waals surface area contributed by atoms with Crippen LogP contribution < -0.4 is 5.32 Å². The second kappa shape index (κ2) is 7.09. The van der Waals surface area contributed by atoms with Crippen molar-refractivity contribution >= 4 is 43.8 Å². The number of nitriles is 1. The van der Waals surface area contributed by atoms with Crippen molar-refractivity contribution in [1.29, 1.82) is 5.26 Å². The van der Waals surface area contributed by atoms with Crippen molar-refractivity contribution in [1.82, 2.24) is 5.32 Å². The first-order chi connectivity index (χ1) is 9.60. The van der Waals surface area contributed by atoms with Crippen molar-refractivity contribution in [2.24, 2.45) is 0 Å². The van der Waals surface area contributed by atoms with Gasteiger partial charge in [0.2, 0.25) is 0 Å². The average Bonchev–Trinajstić information content (AvgIpc) is 2.76. The highest BCUT2D eigenvalue weighted by molar-refractivity contribution is 9.13. The van der Waals surface area contributed by atoms with Gasteiger partial charge < -0.3 is 9.73 Å². The lowest BCUT2D eigenvalue weighted by Gasteiger charge is -2.22. The fourth-order valence-corrected chi connectivity index (χ4v) is 2.84. The summed E-state index contributed by atoms with van der Waals surface area (Å²) in [6, 6.07) is 3.81. The first kappa shape index (κ1) is 15.3. The maximum atomic E-state index is 12.1. The lowest BCUT2D eigenvalue weighted by molar-refractivity contribution is -0.117. The number of nitrogens with zero attached hydrogens (tertiary/aromatic N) is 1. The summed E-state index contributed by atoms with van der Waals surface area (Å²) in [5.41, 5.74) is 0.0596. The van der Waals surface area contributed by atoms with Crippen LogP contribution in [-0.2, 0) is 4.79 Å². The van der Waals surface area contributed by atoms with Crippen LogP contribution in [-0.4, -0.2) is 11.9 Å². The average molecular weight is 402 g/mol. The van der Waals surface area contributed by atoms with Gasteiger partial charge in [0.1, 0.15) is 17.4 Å². The van der Waals surface area contributed by atoms with Crippen LogP contribution >= 0.6 is 31.9 Å². The van der Waals surface area contributed by atoms with Gasteiger partial charge in [0.25, 0.3) is 5.91 Å². The molecule has 1 aromatic rings. The largest absolute Gasteiger partial charge is 0.449 e. The summed E-state index contributed by atoms with van der Waals surface area (Å²) in [6.07, 6.45) is 6.92. The number of amides is 1. The van der Waals surface area contributed by atoms with Gasteiger partial charge in [-0.15, -0.1) is 0 Å². The van der Waals surface area contributed by atoms with Crippen LogP contribution in [0.2, 0.25) is 0 Å². The zero-order valence-electron chi connectivity index (χ0n) is 10.8. The molecule has 1 amide bonds. The van der Waals surface area contributed by atoms with Crippen molar-refractivity contribution in [2.45, 2.75) is 38.1 Å². The molecule has 2 rings (SSSR count). The minimum absolute atomic E-state index is 0.0596. The van der Waals surface area contributed by atoms with Gasteiger partial charge in [0.05, 0.1) is 4.47 Å². The van der Waals surface area contributed by atoms with E-state index in [1.165, 1.54) is 12.5 Å². The first-order valence-electron chi connectivity index (χ1n) is 6.47. The molecular weight excluding hydrogens is 388 g/mol. The van der Waals surface area contributed by atoms with Gasteiger partial charge in [0.15, 0.2) is 4.67 Å². The lowest BCUT2D eigenvalue weighted by Crippen LogP contribution is -2.36. The van der Waals surface area contributed by atoms with Gasteiger partial charge >= 0.3 is 0 Å². The number of carbonyl (C=O) groups is 1. The maximum absolute atomic E-state index is 12.1. The van der Waals surface area contributed by atoms with Crippen molar-refractivity contribution in [3.8, 4) is 6.07 Å². The van der Waals surface area contributed by atoms with E-state index in [2.05, 4.69) is 37.2 Å². The van der Waals surface area contributed by atoms with E-state index in [0.717, 1.165) is 30.2 Å². The molecule has 0 atom stereocenters. The highest BCUT2D eigenvalue weighted by Crippen LogP contribution is 2.28. The molecule has 0 spiro atoms. The number of furan rings is 1. The molecule has 0 radical (unpaired) electrons. The third-order valence-corrected chi connectivity index (χ3v) is 4.97. The third kappa shape index (κ3) is 3.97. The van der Waals surface area contributed by atoms with Crippen LogP contribution in [0.5, 0.6) is 0 Å². The summed E-state index contributed by atoms with van der Waals surface area (Å²) < 4.78 is 6.63. The van der Waals surface area contributed by atoms with E-state index in [1.807, 2.05) is 6.07 Å². The number of halogens is 2. The Morgan fingerprint density at radius 2 is 2.10 bits per heavy atom. The molecule has 0 aliphatic heterocycles. The maximum Gasteiger partial charge on any atom is 0.262 e. The Bertz CT molecular complexity index is 547. The van der Waals surface area contributed by atoms with Gasteiger partial charge in [-0.05, 0) is 50.8 Å². The number of rotatable bonds is 3. The normalized spacial score (nSPS) is 16.8. The third-order valence-electron chi connectivity index (χ3n) is 3.26. The van der Waals surface area contributed by atoms with Crippen LogP contribution in [0.25, 0.3) is 6.08 Å². The van der Waals surface area contributed by atoms with Crippen LogP contribution in [0, 0.1) is 11.3 Å². The second-order valence-electron chi connectivity index (χ2n) is 4.75. The molecule has 0 aromatic carbocycles. The molecule has 1 aliphatic carbocycles. The molecule has 1 fully saturated rings. The van der Waals surface area contributed by atoms with Crippen molar-refractivity contribution in [2.75, 3.05) is 0 Å². The molecule has 1 aromatic heterocycles. The number of nitrogens with one attached hydrogen (secondary N) is 1. The molecule has 1 aliphatic rings. The van der Waals surface area contributed by atoms with E-state index in [9.17, 15) is 4.79 Å². The predicted molar refractivity (Wildman–Crippen MR) is 82.7 cm³/mol. The number of hydrogen-bond acceptors (Lipinski definition) is 3. The van der Waals surface area contributed by atoms with Crippen molar-refractivity contribution in [3.05, 3.63) is 26.5 Å². The number of carbonyl (C=O) groups excluding carboxylic acids is 1. The SMILES string of the molecule is N#C/C(=C/c1cc(Br)c(Br)o1)C(=O)NC1CCCCC1. The zero-order chi connectivity index (χ0) is 14.5. The highest BCUT2D eigenvalue weighted by Gasteiger charge is 2.18. The van der Waals surface area contributed by atoms with Crippen LogP contribution in [0.1, 0.15) is 37.9 Å². The Hall–Kier alpha value is -1.06. The second-order valence-corrected chi connectivity index (χ2v) is 6.32. The fourth-order valence-electron chi connectivity index (χ4n) is 2.24. The molecule has 1 heterocycles. The summed E-state index contributed by atoms with van der Waals surface area (Å²) >= 11 is 6.51. The Morgan fingerprint density at radius 3 is 2.65 bits per heavy atom. The van der Waals surface area contributed by atoms with Gasteiger partial charge in [0, 0.05) is 12.1 Å². The summed E-state index contributed by atoms with van der Waals surface area (Å²) in [5, 5.41) is 12.0. The Labute approximate surface area is 134 Å². The van der Waals surface area contributed by atoms with E-state index in [0.29, 0.717) is 10.4 Å². The number of hydrogen-bond donors (Lipinski definition) is 1. The summed E-state index contributed by atoms with van der Waals surface area (Å²) in [7, 11) is 0. The van der Waals surface area contributed by atoms with E-state index in [4.69, 9.17) is 9.68 Å². The minimum atomic E-state index is -0.331. The fraction of sp³-hybridized carbons (Fsp3) is 0.429. The smallest absolute Gasteiger partial charge is 0.262 e. The molecule has 106 valence electrons. The Balaban J connectivity index is 2.07. The Morgan fingerprint density at radius 1 is 1.40 bits per heavy atom.